The maximum absolute atomic E-state index is 9.48. The summed E-state index contributed by atoms with van der Waals surface area (Å²) < 4.78 is 0. The van der Waals surface area contributed by atoms with E-state index in [1.165, 1.54) is 0 Å². The first-order valence-corrected chi connectivity index (χ1v) is 5.36. The minimum absolute atomic E-state index is 0.117. The molecule has 3 nitrogen and oxygen atoms in total. The molecule has 13 heavy (non-hydrogen) atoms. The van der Waals surface area contributed by atoms with Crippen LogP contribution in [0.5, 0.6) is 0 Å². The van der Waals surface area contributed by atoms with Crippen molar-refractivity contribution in [2.24, 2.45) is 11.5 Å². The molecule has 0 rings (SSSR count). The predicted octanol–water partition coefficient (Wildman–Crippen LogP) is 1.34. The molecular weight excluding hydrogens is 164 g/mol. The Morgan fingerprint density at radius 3 is 2.08 bits per heavy atom. The van der Waals surface area contributed by atoms with E-state index in [0.29, 0.717) is 0 Å². The van der Waals surface area contributed by atoms with Crippen molar-refractivity contribution in [2.75, 3.05) is 0 Å². The van der Waals surface area contributed by atoms with Crippen molar-refractivity contribution in [3.05, 3.63) is 0 Å². The number of nitrogens with two attached hydrogens (primary N) is 2. The summed E-state index contributed by atoms with van der Waals surface area (Å²) in [5.41, 5.74) is 10.8. The number of hydrogen-bond acceptors (Lipinski definition) is 3. The Morgan fingerprint density at radius 1 is 1.00 bits per heavy atom. The third kappa shape index (κ3) is 9.80. The van der Waals surface area contributed by atoms with Crippen LogP contribution in [0.4, 0.5) is 0 Å². The molecule has 0 radical (unpaired) electrons. The first-order chi connectivity index (χ1) is 6.16. The Labute approximate surface area is 81.5 Å². The van der Waals surface area contributed by atoms with Crippen LogP contribution in [0.1, 0.15) is 51.9 Å². The van der Waals surface area contributed by atoms with Crippen molar-refractivity contribution in [3.8, 4) is 0 Å². The minimum Gasteiger partial charge on any atom is -0.393 e. The Bertz CT molecular complexity index is 107. The van der Waals surface area contributed by atoms with Crippen LogP contribution in [0.15, 0.2) is 0 Å². The van der Waals surface area contributed by atoms with Crippen LogP contribution < -0.4 is 11.5 Å². The van der Waals surface area contributed by atoms with Crippen LogP contribution in [-0.4, -0.2) is 17.4 Å². The fraction of sp³-hybridized carbons (Fsp3) is 1.00. The van der Waals surface area contributed by atoms with Crippen LogP contribution in [-0.2, 0) is 0 Å². The zero-order chi connectivity index (χ0) is 10.1. The molecule has 0 aliphatic rings. The van der Waals surface area contributed by atoms with Gasteiger partial charge in [0.05, 0.1) is 12.3 Å². The van der Waals surface area contributed by atoms with Crippen LogP contribution >= 0.6 is 0 Å². The van der Waals surface area contributed by atoms with Gasteiger partial charge in [0, 0.05) is 0 Å². The molecule has 0 bridgehead atoms. The molecule has 0 aliphatic heterocycles. The molecule has 0 aliphatic carbocycles. The maximum Gasteiger partial charge on any atom is 0.0540 e. The van der Waals surface area contributed by atoms with Gasteiger partial charge in [-0.3, -0.25) is 0 Å². The number of hydrogen-bond donors (Lipinski definition) is 3. The topological polar surface area (TPSA) is 72.3 Å². The van der Waals surface area contributed by atoms with Gasteiger partial charge in [0.1, 0.15) is 0 Å². The fourth-order valence-corrected chi connectivity index (χ4v) is 1.34. The number of unbranched alkanes of at least 4 members (excludes halogenated alkanes) is 2. The molecule has 80 valence electrons. The van der Waals surface area contributed by atoms with E-state index in [-0.39, 0.29) is 12.3 Å². The molecule has 0 amide bonds. The molecule has 1 unspecified atom stereocenters. The lowest BCUT2D eigenvalue weighted by molar-refractivity contribution is 0.148. The van der Waals surface area contributed by atoms with Gasteiger partial charge < -0.3 is 16.6 Å². The molecule has 0 saturated heterocycles. The van der Waals surface area contributed by atoms with Crippen molar-refractivity contribution >= 4 is 0 Å². The van der Waals surface area contributed by atoms with E-state index < -0.39 is 0 Å². The predicted molar refractivity (Wildman–Crippen MR) is 56.2 cm³/mol. The SMILES string of the molecule is CCCCC(O)CCCCC(N)N. The number of rotatable bonds is 8. The van der Waals surface area contributed by atoms with Gasteiger partial charge in [-0.25, -0.2) is 0 Å². The number of aliphatic hydroxyl groups is 1. The first-order valence-electron chi connectivity index (χ1n) is 5.36. The van der Waals surface area contributed by atoms with Gasteiger partial charge in [-0.15, -0.1) is 0 Å². The van der Waals surface area contributed by atoms with Gasteiger partial charge in [-0.2, -0.15) is 0 Å². The van der Waals surface area contributed by atoms with E-state index >= 15 is 0 Å². The molecule has 0 aromatic rings. The zero-order valence-corrected chi connectivity index (χ0v) is 8.71. The molecular formula is C10H24N2O. The summed E-state index contributed by atoms with van der Waals surface area (Å²) in [4.78, 5) is 0. The molecule has 0 saturated carbocycles. The number of aliphatic hydroxyl groups excluding tert-OH is 1. The second-order valence-corrected chi connectivity index (χ2v) is 3.74. The third-order valence-corrected chi connectivity index (χ3v) is 2.22. The molecule has 5 N–H and O–H groups in total. The van der Waals surface area contributed by atoms with Crippen molar-refractivity contribution in [1.29, 1.82) is 0 Å². The van der Waals surface area contributed by atoms with Gasteiger partial charge >= 0.3 is 0 Å². The quantitative estimate of drug-likeness (QED) is 0.397. The Balaban J connectivity index is 3.12. The van der Waals surface area contributed by atoms with E-state index in [0.717, 1.165) is 44.9 Å². The summed E-state index contributed by atoms with van der Waals surface area (Å²) in [6.07, 6.45) is 6.74. The molecule has 0 aromatic carbocycles. The highest BCUT2D eigenvalue weighted by Gasteiger charge is 2.03. The minimum atomic E-state index is -0.187. The average molecular weight is 188 g/mol. The maximum atomic E-state index is 9.48. The molecule has 0 spiro atoms. The third-order valence-electron chi connectivity index (χ3n) is 2.22. The van der Waals surface area contributed by atoms with Crippen LogP contribution in [0.25, 0.3) is 0 Å². The molecule has 0 fully saturated rings. The lowest BCUT2D eigenvalue weighted by Crippen LogP contribution is -2.29. The smallest absolute Gasteiger partial charge is 0.0540 e. The highest BCUT2D eigenvalue weighted by atomic mass is 16.3. The Kier molecular flexibility index (Phi) is 8.40. The van der Waals surface area contributed by atoms with Gasteiger partial charge in [-0.05, 0) is 19.3 Å². The average Bonchev–Trinajstić information content (AvgIpc) is 2.08. The highest BCUT2D eigenvalue weighted by Crippen LogP contribution is 2.09. The van der Waals surface area contributed by atoms with Crippen molar-refractivity contribution in [2.45, 2.75) is 64.1 Å². The summed E-state index contributed by atoms with van der Waals surface area (Å²) in [5.74, 6) is 0. The van der Waals surface area contributed by atoms with Gasteiger partial charge in [-0.1, -0.05) is 32.6 Å². The summed E-state index contributed by atoms with van der Waals surface area (Å²) >= 11 is 0. The summed E-state index contributed by atoms with van der Waals surface area (Å²) in [6.45, 7) is 2.14. The molecule has 3 heteroatoms. The molecule has 1 atom stereocenters. The summed E-state index contributed by atoms with van der Waals surface area (Å²) in [7, 11) is 0. The van der Waals surface area contributed by atoms with Gasteiger partial charge in [0.25, 0.3) is 0 Å². The van der Waals surface area contributed by atoms with Crippen LogP contribution in [0, 0.1) is 0 Å². The van der Waals surface area contributed by atoms with E-state index in [1.807, 2.05) is 0 Å². The second kappa shape index (κ2) is 8.48. The van der Waals surface area contributed by atoms with Crippen LogP contribution in [0.3, 0.4) is 0 Å². The first kappa shape index (κ1) is 12.9. The Hall–Kier alpha value is -0.120. The van der Waals surface area contributed by atoms with Crippen LogP contribution in [0.2, 0.25) is 0 Å². The van der Waals surface area contributed by atoms with Crippen molar-refractivity contribution < 1.29 is 5.11 Å². The normalized spacial score (nSPS) is 13.6. The zero-order valence-electron chi connectivity index (χ0n) is 8.71. The lowest BCUT2D eigenvalue weighted by atomic mass is 10.1. The highest BCUT2D eigenvalue weighted by molar-refractivity contribution is 4.57. The monoisotopic (exact) mass is 188 g/mol. The van der Waals surface area contributed by atoms with Crippen molar-refractivity contribution in [1.82, 2.24) is 0 Å². The van der Waals surface area contributed by atoms with E-state index in [9.17, 15) is 5.11 Å². The molecule has 0 heterocycles. The standard InChI is InChI=1S/C10H24N2O/c1-2-3-6-9(13)7-4-5-8-10(11)12/h9-10,13H,2-8,11-12H2,1H3. The van der Waals surface area contributed by atoms with E-state index in [4.69, 9.17) is 11.5 Å². The van der Waals surface area contributed by atoms with Gasteiger partial charge in [0.15, 0.2) is 0 Å². The molecule has 0 aromatic heterocycles. The van der Waals surface area contributed by atoms with Crippen molar-refractivity contribution in [3.63, 3.8) is 0 Å². The van der Waals surface area contributed by atoms with E-state index in [2.05, 4.69) is 6.92 Å². The summed E-state index contributed by atoms with van der Waals surface area (Å²) in [6, 6.07) is 0. The largest absolute Gasteiger partial charge is 0.393 e. The van der Waals surface area contributed by atoms with Gasteiger partial charge in [0.2, 0.25) is 0 Å². The Morgan fingerprint density at radius 2 is 1.54 bits per heavy atom. The summed E-state index contributed by atoms with van der Waals surface area (Å²) in [5, 5.41) is 9.48. The fourth-order valence-electron chi connectivity index (χ4n) is 1.34. The second-order valence-electron chi connectivity index (χ2n) is 3.74. The van der Waals surface area contributed by atoms with E-state index in [1.54, 1.807) is 0 Å². The lowest BCUT2D eigenvalue weighted by Gasteiger charge is -2.10.